The van der Waals surface area contributed by atoms with Gasteiger partial charge in [0.15, 0.2) is 0 Å². The van der Waals surface area contributed by atoms with E-state index < -0.39 is 11.9 Å². The molecule has 1 atom stereocenters. The minimum Gasteiger partial charge on any atom is -0.391 e. The highest BCUT2D eigenvalue weighted by Gasteiger charge is 2.03. The molecule has 0 bridgehead atoms. The van der Waals surface area contributed by atoms with Gasteiger partial charge in [-0.1, -0.05) is 0 Å². The first kappa shape index (κ1) is 14.6. The van der Waals surface area contributed by atoms with E-state index >= 15 is 0 Å². The molecule has 0 radical (unpaired) electrons. The summed E-state index contributed by atoms with van der Waals surface area (Å²) in [6, 6.07) is 6.14. The number of methoxy groups -OCH3 is 1. The van der Waals surface area contributed by atoms with Gasteiger partial charge in [-0.3, -0.25) is 0 Å². The Bertz CT molecular complexity index is 418. The predicted octanol–water partition coefficient (Wildman–Crippen LogP) is 1.18. The maximum Gasteiger partial charge on any atom is 0.124 e. The lowest BCUT2D eigenvalue weighted by molar-refractivity contribution is 0.0594. The van der Waals surface area contributed by atoms with Crippen LogP contribution >= 0.6 is 0 Å². The molecule has 0 spiro atoms. The highest BCUT2D eigenvalue weighted by molar-refractivity contribution is 5.33. The molecule has 1 unspecified atom stereocenters. The zero-order valence-electron chi connectivity index (χ0n) is 10.3. The van der Waals surface area contributed by atoms with Crippen molar-refractivity contribution in [2.24, 2.45) is 0 Å². The average Bonchev–Trinajstić information content (AvgIpc) is 2.34. The molecule has 0 aliphatic heterocycles. The lowest BCUT2D eigenvalue weighted by atomic mass is 10.1. The van der Waals surface area contributed by atoms with E-state index in [-0.39, 0.29) is 0 Å². The summed E-state index contributed by atoms with van der Waals surface area (Å²) in [5.41, 5.74) is 1.03. The quantitative estimate of drug-likeness (QED) is 0.715. The number of nitriles is 1. The van der Waals surface area contributed by atoms with Gasteiger partial charge in [0.1, 0.15) is 5.82 Å². The minimum atomic E-state index is -0.496. The Morgan fingerprint density at radius 2 is 2.28 bits per heavy atom. The summed E-state index contributed by atoms with van der Waals surface area (Å²) in [4.78, 5) is 0. The molecule has 0 saturated heterocycles. The smallest absolute Gasteiger partial charge is 0.124 e. The first-order valence-corrected chi connectivity index (χ1v) is 5.73. The van der Waals surface area contributed by atoms with Crippen LogP contribution in [0.3, 0.4) is 0 Å². The van der Waals surface area contributed by atoms with E-state index in [1.54, 1.807) is 6.07 Å². The molecule has 18 heavy (non-hydrogen) atoms. The molecule has 1 rings (SSSR count). The van der Waals surface area contributed by atoms with Gasteiger partial charge in [-0.05, 0) is 36.7 Å². The second-order valence-corrected chi connectivity index (χ2v) is 4.03. The summed E-state index contributed by atoms with van der Waals surface area (Å²) in [6.45, 7) is 1.37. The van der Waals surface area contributed by atoms with Gasteiger partial charge in [-0.25, -0.2) is 4.39 Å². The van der Waals surface area contributed by atoms with Gasteiger partial charge < -0.3 is 15.2 Å². The summed E-state index contributed by atoms with van der Waals surface area (Å²) >= 11 is 0. The standard InChI is InChI=1S/C13H17FN2O2/c1-18-9-13(17)2-3-16-8-11-4-10(7-15)5-12(14)6-11/h4-6,13,16-17H,2-3,8-9H2,1H3. The number of hydrogen-bond acceptors (Lipinski definition) is 4. The van der Waals surface area contributed by atoms with Gasteiger partial charge in [-0.15, -0.1) is 0 Å². The molecular weight excluding hydrogens is 235 g/mol. The van der Waals surface area contributed by atoms with Crippen molar-refractivity contribution in [3.05, 3.63) is 35.1 Å². The van der Waals surface area contributed by atoms with Crippen molar-refractivity contribution in [2.45, 2.75) is 19.1 Å². The largest absolute Gasteiger partial charge is 0.391 e. The number of ether oxygens (including phenoxy) is 1. The molecule has 0 fully saturated rings. The Hall–Kier alpha value is -1.48. The van der Waals surface area contributed by atoms with E-state index in [1.165, 1.54) is 19.2 Å². The first-order chi connectivity index (χ1) is 8.65. The Morgan fingerprint density at radius 3 is 2.94 bits per heavy atom. The number of aliphatic hydroxyl groups excluding tert-OH is 1. The number of aliphatic hydroxyl groups is 1. The topological polar surface area (TPSA) is 65.3 Å². The number of rotatable bonds is 7. The summed E-state index contributed by atoms with van der Waals surface area (Å²) in [5, 5.41) is 21.2. The van der Waals surface area contributed by atoms with E-state index in [4.69, 9.17) is 10.00 Å². The van der Waals surface area contributed by atoms with Gasteiger partial charge in [0, 0.05) is 13.7 Å². The van der Waals surface area contributed by atoms with E-state index in [2.05, 4.69) is 5.32 Å². The van der Waals surface area contributed by atoms with Crippen LogP contribution in [0.1, 0.15) is 17.5 Å². The third-order valence-electron chi connectivity index (χ3n) is 2.43. The van der Waals surface area contributed by atoms with Crippen molar-refractivity contribution in [3.63, 3.8) is 0 Å². The van der Waals surface area contributed by atoms with E-state index in [0.29, 0.717) is 37.2 Å². The van der Waals surface area contributed by atoms with Gasteiger partial charge in [0.2, 0.25) is 0 Å². The van der Waals surface area contributed by atoms with Gasteiger partial charge in [0.25, 0.3) is 0 Å². The van der Waals surface area contributed by atoms with E-state index in [1.807, 2.05) is 6.07 Å². The summed E-state index contributed by atoms with van der Waals surface area (Å²) < 4.78 is 17.9. The molecule has 5 heteroatoms. The zero-order chi connectivity index (χ0) is 13.4. The van der Waals surface area contributed by atoms with Crippen molar-refractivity contribution in [2.75, 3.05) is 20.3 Å². The van der Waals surface area contributed by atoms with Crippen molar-refractivity contribution < 1.29 is 14.2 Å². The number of halogens is 1. The maximum atomic E-state index is 13.1. The molecule has 0 heterocycles. The zero-order valence-corrected chi connectivity index (χ0v) is 10.3. The highest BCUT2D eigenvalue weighted by atomic mass is 19.1. The molecule has 4 nitrogen and oxygen atoms in total. The lowest BCUT2D eigenvalue weighted by Gasteiger charge is -2.10. The molecule has 98 valence electrons. The fraction of sp³-hybridized carbons (Fsp3) is 0.462. The second-order valence-electron chi connectivity index (χ2n) is 4.03. The second kappa shape index (κ2) is 7.77. The normalized spacial score (nSPS) is 12.1. The molecule has 0 amide bonds. The highest BCUT2D eigenvalue weighted by Crippen LogP contribution is 2.08. The third-order valence-corrected chi connectivity index (χ3v) is 2.43. The molecule has 2 N–H and O–H groups in total. The fourth-order valence-electron chi connectivity index (χ4n) is 1.59. The number of benzene rings is 1. The monoisotopic (exact) mass is 252 g/mol. The van der Waals surface area contributed by atoms with Crippen LogP contribution in [0, 0.1) is 17.1 Å². The molecule has 0 saturated carbocycles. The van der Waals surface area contributed by atoms with E-state index in [0.717, 1.165) is 0 Å². The van der Waals surface area contributed by atoms with Crippen molar-refractivity contribution >= 4 is 0 Å². The van der Waals surface area contributed by atoms with Crippen LogP contribution in [-0.2, 0) is 11.3 Å². The molecule has 1 aromatic carbocycles. The maximum absolute atomic E-state index is 13.1. The first-order valence-electron chi connectivity index (χ1n) is 5.73. The van der Waals surface area contributed by atoms with Crippen molar-refractivity contribution in [1.29, 1.82) is 5.26 Å². The lowest BCUT2D eigenvalue weighted by Crippen LogP contribution is -2.23. The molecular formula is C13H17FN2O2. The van der Waals surface area contributed by atoms with Crippen LogP contribution in [0.5, 0.6) is 0 Å². The number of nitrogens with zero attached hydrogens (tertiary/aromatic N) is 1. The van der Waals surface area contributed by atoms with Crippen LogP contribution in [-0.4, -0.2) is 31.5 Å². The SMILES string of the molecule is COCC(O)CCNCc1cc(F)cc(C#N)c1. The predicted molar refractivity (Wildman–Crippen MR) is 65.3 cm³/mol. The minimum absolute atomic E-state index is 0.306. The summed E-state index contributed by atoms with van der Waals surface area (Å²) in [6.07, 6.45) is 0.0681. The number of nitrogens with one attached hydrogen (secondary N) is 1. The van der Waals surface area contributed by atoms with Crippen LogP contribution in [0.15, 0.2) is 18.2 Å². The van der Waals surface area contributed by atoms with E-state index in [9.17, 15) is 9.50 Å². The van der Waals surface area contributed by atoms with Crippen molar-refractivity contribution in [3.8, 4) is 6.07 Å². The van der Waals surface area contributed by atoms with Crippen LogP contribution < -0.4 is 5.32 Å². The van der Waals surface area contributed by atoms with Crippen LogP contribution in [0.25, 0.3) is 0 Å². The Morgan fingerprint density at radius 1 is 1.50 bits per heavy atom. The molecule has 1 aromatic rings. The molecule has 0 aliphatic carbocycles. The third kappa shape index (κ3) is 5.23. The van der Waals surface area contributed by atoms with Gasteiger partial charge >= 0.3 is 0 Å². The Labute approximate surface area is 106 Å². The van der Waals surface area contributed by atoms with Gasteiger partial charge in [0.05, 0.1) is 24.3 Å². The fourth-order valence-corrected chi connectivity index (χ4v) is 1.59. The van der Waals surface area contributed by atoms with Gasteiger partial charge in [-0.2, -0.15) is 5.26 Å². The average molecular weight is 252 g/mol. The summed E-state index contributed by atoms with van der Waals surface area (Å²) in [7, 11) is 1.53. The Kier molecular flexibility index (Phi) is 6.29. The summed E-state index contributed by atoms with van der Waals surface area (Å²) in [5.74, 6) is -0.412. The van der Waals surface area contributed by atoms with Crippen LogP contribution in [0.2, 0.25) is 0 Å². The molecule has 0 aromatic heterocycles. The van der Waals surface area contributed by atoms with Crippen LogP contribution in [0.4, 0.5) is 4.39 Å². The Balaban J connectivity index is 2.35. The van der Waals surface area contributed by atoms with Crippen molar-refractivity contribution in [1.82, 2.24) is 5.32 Å². The number of hydrogen-bond donors (Lipinski definition) is 2. The molecule has 0 aliphatic rings.